The van der Waals surface area contributed by atoms with Gasteiger partial charge in [-0.3, -0.25) is 4.99 Å². The molecule has 0 aromatic rings. The summed E-state index contributed by atoms with van der Waals surface area (Å²) in [4.78, 5) is 4.48. The molecule has 0 aromatic heterocycles. The molecule has 0 bridgehead atoms. The topological polar surface area (TPSA) is 12.4 Å². The molecule has 0 radical (unpaired) electrons. The van der Waals surface area contributed by atoms with Crippen molar-refractivity contribution >= 4 is 5.71 Å². The van der Waals surface area contributed by atoms with Crippen LogP contribution >= 0.6 is 0 Å². The lowest BCUT2D eigenvalue weighted by atomic mass is 10.0. The Labute approximate surface area is 80.6 Å². The highest BCUT2D eigenvalue weighted by Crippen LogP contribution is 2.14. The standard InChI is InChI=1S/C12H17N/c1-3-5-9-12-11(7-4-2)8-6-10-13-12/h4-5,7,9H,2-3,6,8,10H2,1H3/b9-5-,11-7-. The second-order valence-electron chi connectivity index (χ2n) is 3.11. The molecule has 1 aliphatic rings. The summed E-state index contributed by atoms with van der Waals surface area (Å²) >= 11 is 0. The molecule has 0 aromatic carbocycles. The molecule has 0 N–H and O–H groups in total. The van der Waals surface area contributed by atoms with E-state index < -0.39 is 0 Å². The van der Waals surface area contributed by atoms with Gasteiger partial charge in [-0.2, -0.15) is 0 Å². The lowest BCUT2D eigenvalue weighted by Crippen LogP contribution is -2.07. The van der Waals surface area contributed by atoms with Gasteiger partial charge in [0.25, 0.3) is 0 Å². The van der Waals surface area contributed by atoms with Crippen LogP contribution in [0.5, 0.6) is 0 Å². The van der Waals surface area contributed by atoms with Crippen LogP contribution in [0.4, 0.5) is 0 Å². The Hall–Kier alpha value is -1.11. The maximum Gasteiger partial charge on any atom is 0.0603 e. The smallest absolute Gasteiger partial charge is 0.0603 e. The minimum atomic E-state index is 0.970. The third-order valence-electron chi connectivity index (χ3n) is 2.05. The fourth-order valence-electron chi connectivity index (χ4n) is 1.40. The summed E-state index contributed by atoms with van der Waals surface area (Å²) < 4.78 is 0. The Morgan fingerprint density at radius 3 is 3.08 bits per heavy atom. The van der Waals surface area contributed by atoms with E-state index in [2.05, 4.69) is 36.7 Å². The van der Waals surface area contributed by atoms with Crippen molar-refractivity contribution in [1.82, 2.24) is 0 Å². The Morgan fingerprint density at radius 2 is 2.38 bits per heavy atom. The molecular weight excluding hydrogens is 158 g/mol. The van der Waals surface area contributed by atoms with Crippen molar-refractivity contribution in [2.45, 2.75) is 26.2 Å². The Kier molecular flexibility index (Phi) is 4.24. The summed E-state index contributed by atoms with van der Waals surface area (Å²) in [6.45, 7) is 6.82. The van der Waals surface area contributed by atoms with E-state index in [0.29, 0.717) is 0 Å². The maximum atomic E-state index is 4.48. The van der Waals surface area contributed by atoms with Crippen LogP contribution in [0, 0.1) is 0 Å². The number of hydrogen-bond donors (Lipinski definition) is 0. The quantitative estimate of drug-likeness (QED) is 0.624. The van der Waals surface area contributed by atoms with Gasteiger partial charge >= 0.3 is 0 Å². The molecule has 1 aliphatic heterocycles. The van der Waals surface area contributed by atoms with Gasteiger partial charge in [0.15, 0.2) is 0 Å². The third kappa shape index (κ3) is 3.02. The highest BCUT2D eigenvalue weighted by molar-refractivity contribution is 6.08. The molecule has 1 rings (SSSR count). The first kappa shape index (κ1) is 9.97. The first-order valence-electron chi connectivity index (χ1n) is 4.91. The van der Waals surface area contributed by atoms with Gasteiger partial charge in [-0.1, -0.05) is 31.7 Å². The molecule has 1 nitrogen and oxygen atoms in total. The van der Waals surface area contributed by atoms with E-state index in [1.165, 1.54) is 12.0 Å². The number of allylic oxidation sites excluding steroid dienone is 5. The molecule has 1 heteroatoms. The van der Waals surface area contributed by atoms with Gasteiger partial charge in [0.2, 0.25) is 0 Å². The number of aliphatic imine (C=N–C) groups is 1. The van der Waals surface area contributed by atoms with Crippen LogP contribution in [-0.4, -0.2) is 12.3 Å². The molecule has 0 unspecified atom stereocenters. The molecule has 0 atom stereocenters. The van der Waals surface area contributed by atoms with E-state index in [-0.39, 0.29) is 0 Å². The van der Waals surface area contributed by atoms with Crippen molar-refractivity contribution in [3.63, 3.8) is 0 Å². The zero-order valence-corrected chi connectivity index (χ0v) is 8.29. The highest BCUT2D eigenvalue weighted by atomic mass is 14.7. The largest absolute Gasteiger partial charge is 0.285 e. The normalized spacial score (nSPS) is 20.7. The Morgan fingerprint density at radius 1 is 1.54 bits per heavy atom. The summed E-state index contributed by atoms with van der Waals surface area (Å²) in [5.74, 6) is 0. The first-order valence-corrected chi connectivity index (χ1v) is 4.91. The molecular formula is C12H17N. The van der Waals surface area contributed by atoms with Gasteiger partial charge < -0.3 is 0 Å². The zero-order valence-electron chi connectivity index (χ0n) is 8.29. The van der Waals surface area contributed by atoms with Crippen molar-refractivity contribution in [2.24, 2.45) is 4.99 Å². The SMILES string of the molecule is C=C/C=C1/CCCN=C1/C=C\CC. The van der Waals surface area contributed by atoms with Gasteiger partial charge in [0.1, 0.15) is 0 Å². The highest BCUT2D eigenvalue weighted by Gasteiger charge is 2.07. The Bertz CT molecular complexity index is 256. The minimum Gasteiger partial charge on any atom is -0.285 e. The number of rotatable bonds is 3. The monoisotopic (exact) mass is 175 g/mol. The van der Waals surface area contributed by atoms with Gasteiger partial charge in [-0.05, 0) is 30.9 Å². The van der Waals surface area contributed by atoms with E-state index in [1.807, 2.05) is 6.08 Å². The number of nitrogens with zero attached hydrogens (tertiary/aromatic N) is 1. The predicted molar refractivity (Wildman–Crippen MR) is 59.2 cm³/mol. The summed E-state index contributed by atoms with van der Waals surface area (Å²) in [6.07, 6.45) is 11.6. The van der Waals surface area contributed by atoms with E-state index in [0.717, 1.165) is 25.1 Å². The summed E-state index contributed by atoms with van der Waals surface area (Å²) in [7, 11) is 0. The zero-order chi connectivity index (χ0) is 9.52. The molecule has 0 aliphatic carbocycles. The van der Waals surface area contributed by atoms with Crippen LogP contribution in [0.15, 0.2) is 41.4 Å². The molecule has 70 valence electrons. The van der Waals surface area contributed by atoms with Crippen molar-refractivity contribution in [3.05, 3.63) is 36.5 Å². The maximum absolute atomic E-state index is 4.48. The second kappa shape index (κ2) is 5.52. The summed E-state index contributed by atoms with van der Waals surface area (Å²) in [6, 6.07) is 0. The molecule has 0 saturated carbocycles. The van der Waals surface area contributed by atoms with Crippen LogP contribution < -0.4 is 0 Å². The molecule has 0 saturated heterocycles. The lowest BCUT2D eigenvalue weighted by molar-refractivity contribution is 0.816. The van der Waals surface area contributed by atoms with Crippen molar-refractivity contribution < 1.29 is 0 Å². The first-order chi connectivity index (χ1) is 6.38. The van der Waals surface area contributed by atoms with Gasteiger partial charge in [0.05, 0.1) is 5.71 Å². The van der Waals surface area contributed by atoms with E-state index in [1.54, 1.807) is 0 Å². The fourth-order valence-corrected chi connectivity index (χ4v) is 1.40. The van der Waals surface area contributed by atoms with E-state index in [4.69, 9.17) is 0 Å². The predicted octanol–water partition coefficient (Wildman–Crippen LogP) is 3.30. The number of hydrogen-bond acceptors (Lipinski definition) is 1. The van der Waals surface area contributed by atoms with Gasteiger partial charge in [0, 0.05) is 6.54 Å². The molecule has 0 spiro atoms. The van der Waals surface area contributed by atoms with Crippen molar-refractivity contribution in [1.29, 1.82) is 0 Å². The average molecular weight is 175 g/mol. The minimum absolute atomic E-state index is 0.970. The third-order valence-corrected chi connectivity index (χ3v) is 2.05. The Balaban J connectivity index is 2.77. The molecule has 1 heterocycles. The second-order valence-corrected chi connectivity index (χ2v) is 3.11. The van der Waals surface area contributed by atoms with Crippen LogP contribution in [0.3, 0.4) is 0 Å². The lowest BCUT2D eigenvalue weighted by Gasteiger charge is -2.12. The summed E-state index contributed by atoms with van der Waals surface area (Å²) in [5, 5.41) is 0. The van der Waals surface area contributed by atoms with E-state index >= 15 is 0 Å². The van der Waals surface area contributed by atoms with Gasteiger partial charge in [-0.25, -0.2) is 0 Å². The van der Waals surface area contributed by atoms with Crippen molar-refractivity contribution in [3.8, 4) is 0 Å². The van der Waals surface area contributed by atoms with Crippen molar-refractivity contribution in [2.75, 3.05) is 6.54 Å². The molecule has 13 heavy (non-hydrogen) atoms. The van der Waals surface area contributed by atoms with Gasteiger partial charge in [-0.15, -0.1) is 0 Å². The summed E-state index contributed by atoms with van der Waals surface area (Å²) in [5.41, 5.74) is 2.47. The molecule has 0 amide bonds. The van der Waals surface area contributed by atoms with Crippen LogP contribution in [0.25, 0.3) is 0 Å². The average Bonchev–Trinajstić information content (AvgIpc) is 2.17. The van der Waals surface area contributed by atoms with Crippen LogP contribution in [0.1, 0.15) is 26.2 Å². The van der Waals surface area contributed by atoms with Crippen LogP contribution in [-0.2, 0) is 0 Å². The van der Waals surface area contributed by atoms with Crippen LogP contribution in [0.2, 0.25) is 0 Å². The molecule has 0 fully saturated rings. The fraction of sp³-hybridized carbons (Fsp3) is 0.417. The van der Waals surface area contributed by atoms with E-state index in [9.17, 15) is 0 Å².